The Morgan fingerprint density at radius 2 is 1.64 bits per heavy atom. The molecule has 0 aliphatic carbocycles. The lowest BCUT2D eigenvalue weighted by Gasteiger charge is -2.16. The summed E-state index contributed by atoms with van der Waals surface area (Å²) in [7, 11) is 0. The Hall–Kier alpha value is -2.53. The molecular weight excluding hydrogens is 342 g/mol. The Balaban J connectivity index is 1.98. The standard InChI is InChI=1S/C19H20ClNO4/c1-12(2)24-19(23)13(3)25-15-10-8-14(9-11-15)18(22)21-17-7-5-4-6-16(17)20/h4-13H,1-3H3,(H,21,22). The van der Waals surface area contributed by atoms with Gasteiger partial charge in [0, 0.05) is 5.56 Å². The number of halogens is 1. The number of carbonyl (C=O) groups excluding carboxylic acids is 2. The number of benzene rings is 2. The van der Waals surface area contributed by atoms with Gasteiger partial charge in [0.1, 0.15) is 5.75 Å². The average Bonchev–Trinajstić information content (AvgIpc) is 2.57. The minimum atomic E-state index is -0.731. The van der Waals surface area contributed by atoms with E-state index in [0.29, 0.717) is 22.0 Å². The van der Waals surface area contributed by atoms with Crippen LogP contribution in [0.2, 0.25) is 5.02 Å². The number of hydrogen-bond donors (Lipinski definition) is 1. The van der Waals surface area contributed by atoms with E-state index in [1.165, 1.54) is 0 Å². The number of esters is 1. The van der Waals surface area contributed by atoms with Gasteiger partial charge in [-0.2, -0.15) is 0 Å². The number of nitrogens with one attached hydrogen (secondary N) is 1. The third-order valence-corrected chi connectivity index (χ3v) is 3.56. The Bertz CT molecular complexity index is 743. The molecule has 0 fully saturated rings. The first-order valence-electron chi connectivity index (χ1n) is 7.90. The van der Waals surface area contributed by atoms with Crippen LogP contribution in [0.15, 0.2) is 48.5 Å². The van der Waals surface area contributed by atoms with Crippen LogP contribution in [0.5, 0.6) is 5.75 Å². The maximum absolute atomic E-state index is 12.2. The minimum Gasteiger partial charge on any atom is -0.479 e. The Morgan fingerprint density at radius 3 is 2.24 bits per heavy atom. The quantitative estimate of drug-likeness (QED) is 0.778. The molecule has 0 aromatic heterocycles. The molecule has 0 saturated carbocycles. The number of ether oxygens (including phenoxy) is 2. The largest absolute Gasteiger partial charge is 0.479 e. The zero-order valence-corrected chi connectivity index (χ0v) is 15.0. The van der Waals surface area contributed by atoms with Crippen LogP contribution in [0.25, 0.3) is 0 Å². The number of rotatable bonds is 6. The van der Waals surface area contributed by atoms with Crippen LogP contribution in [0, 0.1) is 0 Å². The summed E-state index contributed by atoms with van der Waals surface area (Å²) in [4.78, 5) is 24.0. The summed E-state index contributed by atoms with van der Waals surface area (Å²) in [6, 6.07) is 13.5. The second kappa shape index (κ2) is 8.53. The number of hydrogen-bond acceptors (Lipinski definition) is 4. The minimum absolute atomic E-state index is 0.200. The van der Waals surface area contributed by atoms with Crippen molar-refractivity contribution in [2.45, 2.75) is 33.0 Å². The summed E-state index contributed by atoms with van der Waals surface area (Å²) in [6.45, 7) is 5.16. The van der Waals surface area contributed by atoms with Gasteiger partial charge in [0.15, 0.2) is 6.10 Å². The van der Waals surface area contributed by atoms with Crippen molar-refractivity contribution in [3.8, 4) is 5.75 Å². The van der Waals surface area contributed by atoms with Crippen molar-refractivity contribution in [1.29, 1.82) is 0 Å². The molecule has 1 unspecified atom stereocenters. The van der Waals surface area contributed by atoms with E-state index < -0.39 is 12.1 Å². The van der Waals surface area contributed by atoms with Gasteiger partial charge in [0.25, 0.3) is 5.91 Å². The number of anilines is 1. The molecule has 25 heavy (non-hydrogen) atoms. The highest BCUT2D eigenvalue weighted by Gasteiger charge is 2.17. The Labute approximate surface area is 151 Å². The lowest BCUT2D eigenvalue weighted by molar-refractivity contribution is -0.154. The van der Waals surface area contributed by atoms with E-state index in [9.17, 15) is 9.59 Å². The van der Waals surface area contributed by atoms with E-state index >= 15 is 0 Å². The molecule has 0 bridgehead atoms. The van der Waals surface area contributed by atoms with Crippen LogP contribution in [-0.2, 0) is 9.53 Å². The summed E-state index contributed by atoms with van der Waals surface area (Å²) < 4.78 is 10.6. The van der Waals surface area contributed by atoms with Crippen molar-refractivity contribution < 1.29 is 19.1 Å². The highest BCUT2D eigenvalue weighted by atomic mass is 35.5. The third kappa shape index (κ3) is 5.50. The number of amides is 1. The van der Waals surface area contributed by atoms with Gasteiger partial charge in [-0.05, 0) is 57.2 Å². The molecule has 132 valence electrons. The zero-order valence-electron chi connectivity index (χ0n) is 14.3. The molecule has 0 heterocycles. The van der Waals surface area contributed by atoms with Crippen molar-refractivity contribution in [2.75, 3.05) is 5.32 Å². The predicted molar refractivity (Wildman–Crippen MR) is 97.2 cm³/mol. The summed E-state index contributed by atoms with van der Waals surface area (Å²) >= 11 is 6.03. The van der Waals surface area contributed by atoms with Gasteiger partial charge in [-0.15, -0.1) is 0 Å². The molecule has 0 aliphatic rings. The first-order chi connectivity index (χ1) is 11.9. The van der Waals surface area contributed by atoms with E-state index in [-0.39, 0.29) is 12.0 Å². The van der Waals surface area contributed by atoms with Crippen LogP contribution in [-0.4, -0.2) is 24.1 Å². The van der Waals surface area contributed by atoms with Crippen LogP contribution in [0.1, 0.15) is 31.1 Å². The summed E-state index contributed by atoms with van der Waals surface area (Å²) in [5.41, 5.74) is 0.990. The lowest BCUT2D eigenvalue weighted by atomic mass is 10.2. The van der Waals surface area contributed by atoms with Gasteiger partial charge < -0.3 is 14.8 Å². The highest BCUT2D eigenvalue weighted by molar-refractivity contribution is 6.33. The van der Waals surface area contributed by atoms with Crippen LogP contribution >= 0.6 is 11.6 Å². The van der Waals surface area contributed by atoms with Gasteiger partial charge in [0.05, 0.1) is 16.8 Å². The summed E-state index contributed by atoms with van der Waals surface area (Å²) in [6.07, 6.45) is -0.931. The Kier molecular flexibility index (Phi) is 6.42. The monoisotopic (exact) mass is 361 g/mol. The molecular formula is C19H20ClNO4. The van der Waals surface area contributed by atoms with Crippen LogP contribution < -0.4 is 10.1 Å². The van der Waals surface area contributed by atoms with Gasteiger partial charge in [-0.3, -0.25) is 4.79 Å². The number of para-hydroxylation sites is 1. The van der Waals surface area contributed by atoms with E-state index in [1.54, 1.807) is 69.3 Å². The molecule has 0 radical (unpaired) electrons. The normalized spacial score (nSPS) is 11.7. The van der Waals surface area contributed by atoms with Crippen LogP contribution in [0.3, 0.4) is 0 Å². The maximum Gasteiger partial charge on any atom is 0.347 e. The zero-order chi connectivity index (χ0) is 18.4. The highest BCUT2D eigenvalue weighted by Crippen LogP contribution is 2.22. The Morgan fingerprint density at radius 1 is 1.00 bits per heavy atom. The average molecular weight is 362 g/mol. The third-order valence-electron chi connectivity index (χ3n) is 3.24. The molecule has 0 aliphatic heterocycles. The first kappa shape index (κ1) is 18.8. The summed E-state index contributed by atoms with van der Waals surface area (Å²) in [5, 5.41) is 3.21. The van der Waals surface area contributed by atoms with Gasteiger partial charge >= 0.3 is 5.97 Å². The van der Waals surface area contributed by atoms with Crippen LogP contribution in [0.4, 0.5) is 5.69 Å². The fraction of sp³-hybridized carbons (Fsp3) is 0.263. The molecule has 6 heteroatoms. The number of carbonyl (C=O) groups is 2. The fourth-order valence-corrected chi connectivity index (χ4v) is 2.21. The first-order valence-corrected chi connectivity index (χ1v) is 8.27. The summed E-state index contributed by atoms with van der Waals surface area (Å²) in [5.74, 6) is -0.245. The van der Waals surface area contributed by atoms with Gasteiger partial charge in [-0.1, -0.05) is 23.7 Å². The van der Waals surface area contributed by atoms with E-state index in [2.05, 4.69) is 5.32 Å². The molecule has 0 spiro atoms. The molecule has 2 aromatic rings. The topological polar surface area (TPSA) is 64.6 Å². The van der Waals surface area contributed by atoms with Crippen molar-refractivity contribution in [2.24, 2.45) is 0 Å². The molecule has 5 nitrogen and oxygen atoms in total. The molecule has 1 atom stereocenters. The van der Waals surface area contributed by atoms with E-state index in [0.717, 1.165) is 0 Å². The predicted octanol–water partition coefficient (Wildman–Crippen LogP) is 4.31. The maximum atomic E-state index is 12.2. The fourth-order valence-electron chi connectivity index (χ4n) is 2.02. The molecule has 2 aromatic carbocycles. The molecule has 1 amide bonds. The van der Waals surface area contributed by atoms with E-state index in [4.69, 9.17) is 21.1 Å². The second-order valence-electron chi connectivity index (χ2n) is 5.70. The SMILES string of the molecule is CC(C)OC(=O)C(C)Oc1ccc(C(=O)Nc2ccccc2Cl)cc1. The van der Waals surface area contributed by atoms with Crippen molar-refractivity contribution in [1.82, 2.24) is 0 Å². The lowest BCUT2D eigenvalue weighted by Crippen LogP contribution is -2.28. The smallest absolute Gasteiger partial charge is 0.347 e. The second-order valence-corrected chi connectivity index (χ2v) is 6.11. The van der Waals surface area contributed by atoms with Gasteiger partial charge in [0.2, 0.25) is 0 Å². The van der Waals surface area contributed by atoms with Crippen molar-refractivity contribution in [3.63, 3.8) is 0 Å². The molecule has 1 N–H and O–H groups in total. The van der Waals surface area contributed by atoms with Crippen molar-refractivity contribution >= 4 is 29.2 Å². The molecule has 0 saturated heterocycles. The van der Waals surface area contributed by atoms with Crippen molar-refractivity contribution in [3.05, 3.63) is 59.1 Å². The van der Waals surface area contributed by atoms with Gasteiger partial charge in [-0.25, -0.2) is 4.79 Å². The van der Waals surface area contributed by atoms with E-state index in [1.807, 2.05) is 0 Å². The molecule has 2 rings (SSSR count).